The predicted molar refractivity (Wildman–Crippen MR) is 101 cm³/mol. The van der Waals surface area contributed by atoms with Crippen molar-refractivity contribution in [2.45, 2.75) is 35.9 Å². The molecule has 0 amide bonds. The Bertz CT molecular complexity index is 974. The fourth-order valence-corrected chi connectivity index (χ4v) is 4.28. The van der Waals surface area contributed by atoms with Crippen molar-refractivity contribution >= 4 is 23.5 Å². The lowest BCUT2D eigenvalue weighted by atomic mass is 10.00. The summed E-state index contributed by atoms with van der Waals surface area (Å²) in [5, 5.41) is 0. The lowest BCUT2D eigenvalue weighted by Gasteiger charge is -2.32. The summed E-state index contributed by atoms with van der Waals surface area (Å²) in [5.74, 6) is 1.01. The van der Waals surface area contributed by atoms with Crippen LogP contribution in [-0.2, 0) is 7.05 Å². The van der Waals surface area contributed by atoms with E-state index in [4.69, 9.17) is 5.73 Å². The van der Waals surface area contributed by atoms with Crippen LogP contribution in [0.3, 0.4) is 0 Å². The molecule has 1 aromatic heterocycles. The number of alkyl halides is 2. The van der Waals surface area contributed by atoms with Crippen molar-refractivity contribution in [2.24, 2.45) is 13.0 Å². The minimum absolute atomic E-state index is 0.0602. The number of piperidine rings is 1. The summed E-state index contributed by atoms with van der Waals surface area (Å²) in [6, 6.07) is 4.48. The smallest absolute Gasteiger partial charge is 0.395 e. The molecule has 2 aliphatic rings. The molecule has 150 valence electrons. The van der Waals surface area contributed by atoms with E-state index in [-0.39, 0.29) is 27.8 Å². The van der Waals surface area contributed by atoms with E-state index in [1.165, 1.54) is 10.6 Å². The van der Waals surface area contributed by atoms with E-state index in [2.05, 4.69) is 21.4 Å². The molecular weight excluding hydrogens is 390 g/mol. The summed E-state index contributed by atoms with van der Waals surface area (Å²) < 4.78 is 37.3. The topological polar surface area (TPSA) is 82.6 Å². The van der Waals surface area contributed by atoms with Crippen LogP contribution in [0.5, 0.6) is 11.5 Å². The van der Waals surface area contributed by atoms with Gasteiger partial charge >= 0.3 is 6.29 Å². The fraction of sp³-hybridized carbons (Fsp3) is 0.444. The number of ether oxygens (including phenoxy) is 2. The third-order valence-corrected chi connectivity index (χ3v) is 6.05. The number of nitrogens with two attached hydrogens (primary N) is 1. The van der Waals surface area contributed by atoms with E-state index in [9.17, 15) is 13.6 Å². The molecule has 7 nitrogen and oxygen atoms in total. The second kappa shape index (κ2) is 6.84. The largest absolute Gasteiger partial charge is 0.586 e. The fourth-order valence-electron chi connectivity index (χ4n) is 3.31. The Hall–Kier alpha value is -2.49. The molecule has 2 aromatic rings. The molecule has 1 fully saturated rings. The van der Waals surface area contributed by atoms with E-state index in [1.54, 1.807) is 19.2 Å². The van der Waals surface area contributed by atoms with Gasteiger partial charge in [-0.05, 0) is 30.9 Å². The van der Waals surface area contributed by atoms with Gasteiger partial charge in [0, 0.05) is 20.1 Å². The molecule has 28 heavy (non-hydrogen) atoms. The van der Waals surface area contributed by atoms with Gasteiger partial charge in [0.2, 0.25) is 5.95 Å². The van der Waals surface area contributed by atoms with E-state index >= 15 is 0 Å². The number of hydrogen-bond acceptors (Lipinski definition) is 7. The molecule has 1 aromatic carbocycles. The van der Waals surface area contributed by atoms with Gasteiger partial charge in [0.25, 0.3) is 5.56 Å². The average molecular weight is 410 g/mol. The number of para-hydroxylation sites is 1. The van der Waals surface area contributed by atoms with Crippen LogP contribution in [0.4, 0.5) is 20.5 Å². The quantitative estimate of drug-likeness (QED) is 0.833. The highest BCUT2D eigenvalue weighted by atomic mass is 32.2. The lowest BCUT2D eigenvalue weighted by molar-refractivity contribution is -0.287. The van der Waals surface area contributed by atoms with Crippen molar-refractivity contribution in [3.05, 3.63) is 28.6 Å². The van der Waals surface area contributed by atoms with Gasteiger partial charge in [-0.1, -0.05) is 24.8 Å². The van der Waals surface area contributed by atoms with E-state index < -0.39 is 6.29 Å². The molecule has 2 aliphatic heterocycles. The van der Waals surface area contributed by atoms with Crippen LogP contribution in [0.2, 0.25) is 0 Å². The average Bonchev–Trinajstić information content (AvgIpc) is 2.97. The minimum atomic E-state index is -3.73. The normalized spacial score (nSPS) is 18.5. The number of nitrogen functional groups attached to an aromatic ring is 1. The zero-order chi connectivity index (χ0) is 20.1. The van der Waals surface area contributed by atoms with Gasteiger partial charge < -0.3 is 20.1 Å². The van der Waals surface area contributed by atoms with Gasteiger partial charge in [0.1, 0.15) is 10.7 Å². The number of aromatic nitrogens is 2. The maximum Gasteiger partial charge on any atom is 0.586 e. The number of benzene rings is 1. The Balaban J connectivity index is 1.67. The number of nitrogens with zero attached hydrogens (tertiary/aromatic N) is 3. The van der Waals surface area contributed by atoms with Crippen molar-refractivity contribution < 1.29 is 18.3 Å². The van der Waals surface area contributed by atoms with E-state index in [1.807, 2.05) is 4.90 Å². The van der Waals surface area contributed by atoms with Crippen LogP contribution in [0, 0.1) is 5.92 Å². The first-order valence-corrected chi connectivity index (χ1v) is 9.75. The first kappa shape index (κ1) is 18.9. The molecule has 0 radical (unpaired) electrons. The molecule has 2 N–H and O–H groups in total. The highest BCUT2D eigenvalue weighted by Gasteiger charge is 2.44. The van der Waals surface area contributed by atoms with Gasteiger partial charge in [-0.2, -0.15) is 4.98 Å². The van der Waals surface area contributed by atoms with E-state index in [0.29, 0.717) is 16.8 Å². The molecular formula is C18H20F2N4O3S. The van der Waals surface area contributed by atoms with Crippen LogP contribution in [-0.4, -0.2) is 28.9 Å². The molecule has 0 aliphatic carbocycles. The summed E-state index contributed by atoms with van der Waals surface area (Å²) >= 11 is 0.939. The highest BCUT2D eigenvalue weighted by Crippen LogP contribution is 2.48. The summed E-state index contributed by atoms with van der Waals surface area (Å²) in [4.78, 5) is 19.9. The zero-order valence-corrected chi connectivity index (χ0v) is 16.3. The van der Waals surface area contributed by atoms with E-state index in [0.717, 1.165) is 37.7 Å². The Morgan fingerprint density at radius 1 is 1.29 bits per heavy atom. The van der Waals surface area contributed by atoms with Crippen molar-refractivity contribution in [1.29, 1.82) is 0 Å². The molecule has 0 atom stereocenters. The molecule has 0 unspecified atom stereocenters. The second-order valence-electron chi connectivity index (χ2n) is 7.01. The lowest BCUT2D eigenvalue weighted by Crippen LogP contribution is -2.38. The number of rotatable bonds is 3. The van der Waals surface area contributed by atoms with Gasteiger partial charge in [0.05, 0.1) is 4.90 Å². The van der Waals surface area contributed by atoms with Crippen LogP contribution < -0.4 is 25.7 Å². The summed E-state index contributed by atoms with van der Waals surface area (Å²) in [6.07, 6.45) is -1.69. The van der Waals surface area contributed by atoms with Crippen LogP contribution in [0.15, 0.2) is 32.8 Å². The van der Waals surface area contributed by atoms with Crippen molar-refractivity contribution in [3.8, 4) is 11.5 Å². The Morgan fingerprint density at radius 3 is 2.71 bits per heavy atom. The monoisotopic (exact) mass is 410 g/mol. The number of hydrogen-bond donors (Lipinski definition) is 1. The predicted octanol–water partition coefficient (Wildman–Crippen LogP) is 3.07. The third kappa shape index (κ3) is 3.36. The number of fused-ring (bicyclic) bond motifs is 1. The van der Waals surface area contributed by atoms with Gasteiger partial charge in [-0.15, -0.1) is 8.78 Å². The zero-order valence-electron chi connectivity index (χ0n) is 15.4. The first-order valence-electron chi connectivity index (χ1n) is 8.93. The maximum absolute atomic E-state index is 13.4. The van der Waals surface area contributed by atoms with Crippen molar-refractivity contribution in [1.82, 2.24) is 9.55 Å². The van der Waals surface area contributed by atoms with Crippen molar-refractivity contribution in [3.63, 3.8) is 0 Å². The first-order chi connectivity index (χ1) is 13.2. The SMILES string of the molecule is CC1CCN(c2nc(N)c(Sc3cccc4c3OC(F)(F)O4)c(=O)n2C)CC1. The standard InChI is InChI=1S/C18H20F2N4O3S/c1-10-6-8-24(9-7-10)17-22-15(21)14(16(25)23(17)2)28-12-5-3-4-11-13(12)27-18(19,20)26-11/h3-5,10H,6-9,21H2,1-2H3. The Labute approximate surface area is 164 Å². The van der Waals surface area contributed by atoms with Crippen molar-refractivity contribution in [2.75, 3.05) is 23.7 Å². The van der Waals surface area contributed by atoms with Gasteiger partial charge in [-0.3, -0.25) is 9.36 Å². The van der Waals surface area contributed by atoms with Gasteiger partial charge in [0.15, 0.2) is 11.5 Å². The third-order valence-electron chi connectivity index (χ3n) is 4.92. The maximum atomic E-state index is 13.4. The molecule has 0 spiro atoms. The Kier molecular flexibility index (Phi) is 4.60. The number of anilines is 2. The Morgan fingerprint density at radius 2 is 2.00 bits per heavy atom. The molecule has 1 saturated heterocycles. The van der Waals surface area contributed by atoms with Crippen LogP contribution in [0.25, 0.3) is 0 Å². The number of halogens is 2. The summed E-state index contributed by atoms with van der Waals surface area (Å²) in [7, 11) is 1.63. The minimum Gasteiger partial charge on any atom is -0.395 e. The summed E-state index contributed by atoms with van der Waals surface area (Å²) in [6.45, 7) is 3.81. The van der Waals surface area contributed by atoms with Crippen LogP contribution >= 0.6 is 11.8 Å². The highest BCUT2D eigenvalue weighted by molar-refractivity contribution is 7.99. The molecule has 3 heterocycles. The summed E-state index contributed by atoms with van der Waals surface area (Å²) in [5.41, 5.74) is 5.74. The van der Waals surface area contributed by atoms with Crippen LogP contribution in [0.1, 0.15) is 19.8 Å². The second-order valence-corrected chi connectivity index (χ2v) is 8.07. The molecule has 0 bridgehead atoms. The van der Waals surface area contributed by atoms with Gasteiger partial charge in [-0.25, -0.2) is 0 Å². The molecule has 0 saturated carbocycles. The molecule has 4 rings (SSSR count). The molecule has 10 heteroatoms.